The van der Waals surface area contributed by atoms with Crippen molar-refractivity contribution in [2.24, 2.45) is 0 Å². The molecule has 0 radical (unpaired) electrons. The molecule has 1 aliphatic heterocycles. The van der Waals surface area contributed by atoms with E-state index in [0.29, 0.717) is 19.5 Å². The number of carbonyl (C=O) groups excluding carboxylic acids is 1. The summed E-state index contributed by atoms with van der Waals surface area (Å²) in [7, 11) is 0. The molecule has 0 spiro atoms. The number of carboxylic acid groups (broad SMARTS) is 1. The summed E-state index contributed by atoms with van der Waals surface area (Å²) in [6.45, 7) is 2.95. The van der Waals surface area contributed by atoms with E-state index in [1.165, 1.54) is 0 Å². The van der Waals surface area contributed by atoms with E-state index in [1.54, 1.807) is 4.90 Å². The number of anilines is 1. The van der Waals surface area contributed by atoms with Crippen LogP contribution in [-0.4, -0.2) is 33.1 Å². The summed E-state index contributed by atoms with van der Waals surface area (Å²) in [6, 6.07) is 15.4. The highest BCUT2D eigenvalue weighted by atomic mass is 16.4. The van der Waals surface area contributed by atoms with Crippen LogP contribution in [0, 0.1) is 6.92 Å². The Morgan fingerprint density at radius 3 is 2.74 bits per heavy atom. The van der Waals surface area contributed by atoms with Crippen LogP contribution in [0.15, 0.2) is 48.5 Å². The number of aryl methyl sites for hydroxylation is 1. The van der Waals surface area contributed by atoms with Gasteiger partial charge in [0.05, 0.1) is 0 Å². The van der Waals surface area contributed by atoms with Crippen LogP contribution < -0.4 is 5.32 Å². The highest BCUT2D eigenvalue weighted by Gasteiger charge is 2.27. The minimum absolute atomic E-state index is 0.0642. The molecule has 0 saturated carbocycles. The Morgan fingerprint density at radius 2 is 1.96 bits per heavy atom. The number of aliphatic carboxylic acids is 1. The lowest BCUT2D eigenvalue weighted by atomic mass is 10.0. The largest absolute Gasteiger partial charge is 0.480 e. The smallest absolute Gasteiger partial charge is 0.323 e. The molecule has 6 heteroatoms. The Morgan fingerprint density at radius 1 is 1.15 bits per heavy atom. The molecule has 0 aliphatic carbocycles. The molecule has 0 fully saturated rings. The molecule has 1 aromatic heterocycles. The number of carbonyl (C=O) groups is 2. The summed E-state index contributed by atoms with van der Waals surface area (Å²) >= 11 is 0. The van der Waals surface area contributed by atoms with E-state index in [2.05, 4.69) is 5.32 Å². The van der Waals surface area contributed by atoms with Gasteiger partial charge in [0.25, 0.3) is 0 Å². The van der Waals surface area contributed by atoms with Crippen LogP contribution >= 0.6 is 0 Å². The Labute approximate surface area is 157 Å². The van der Waals surface area contributed by atoms with Crippen molar-refractivity contribution in [1.29, 1.82) is 0 Å². The summed E-state index contributed by atoms with van der Waals surface area (Å²) in [6.07, 6.45) is 0.637. The molecule has 0 bridgehead atoms. The molecular weight excluding hydrogens is 342 g/mol. The molecular formula is C21H21N3O3. The molecule has 27 heavy (non-hydrogen) atoms. The standard InChI is InChI=1S/C21H21N3O3/c1-14-5-4-6-15(11-14)22-21(27)23-10-9-19-17(12-23)16-7-2-3-8-18(16)24(19)13-20(25)26/h2-8,11H,9-10,12-13H2,1H3,(H,22,27)(H,25,26). The van der Waals surface area contributed by atoms with Crippen molar-refractivity contribution in [2.75, 3.05) is 11.9 Å². The first kappa shape index (κ1) is 17.1. The Balaban J connectivity index is 1.63. The van der Waals surface area contributed by atoms with Crippen molar-refractivity contribution in [2.45, 2.75) is 26.4 Å². The number of urea groups is 1. The number of para-hydroxylation sites is 1. The van der Waals surface area contributed by atoms with Crippen LogP contribution in [0.4, 0.5) is 10.5 Å². The van der Waals surface area contributed by atoms with Crippen LogP contribution in [0.25, 0.3) is 10.9 Å². The second-order valence-corrected chi connectivity index (χ2v) is 6.89. The van der Waals surface area contributed by atoms with Gasteiger partial charge in [-0.3, -0.25) is 4.79 Å². The van der Waals surface area contributed by atoms with Gasteiger partial charge in [-0.15, -0.1) is 0 Å². The summed E-state index contributed by atoms with van der Waals surface area (Å²) in [5.41, 5.74) is 4.83. The van der Waals surface area contributed by atoms with E-state index >= 15 is 0 Å². The second kappa shape index (κ2) is 6.79. The number of rotatable bonds is 3. The molecule has 0 unspecified atom stereocenters. The van der Waals surface area contributed by atoms with Gasteiger partial charge < -0.3 is 19.9 Å². The Bertz CT molecular complexity index is 1040. The second-order valence-electron chi connectivity index (χ2n) is 6.89. The molecule has 0 atom stereocenters. The Kier molecular flexibility index (Phi) is 4.32. The van der Waals surface area contributed by atoms with Gasteiger partial charge in [-0.2, -0.15) is 0 Å². The maximum atomic E-state index is 12.7. The number of amides is 2. The molecule has 2 aromatic carbocycles. The first-order chi connectivity index (χ1) is 13.0. The number of aromatic nitrogens is 1. The summed E-state index contributed by atoms with van der Waals surface area (Å²) in [4.78, 5) is 25.8. The number of nitrogens with one attached hydrogen (secondary N) is 1. The van der Waals surface area contributed by atoms with Crippen LogP contribution in [0.2, 0.25) is 0 Å². The fourth-order valence-corrected chi connectivity index (χ4v) is 3.82. The zero-order chi connectivity index (χ0) is 19.0. The highest BCUT2D eigenvalue weighted by molar-refractivity contribution is 5.91. The number of benzene rings is 2. The molecule has 2 N–H and O–H groups in total. The van der Waals surface area contributed by atoms with Gasteiger partial charge in [0.1, 0.15) is 6.54 Å². The zero-order valence-corrected chi connectivity index (χ0v) is 15.1. The quantitative estimate of drug-likeness (QED) is 0.746. The maximum Gasteiger partial charge on any atom is 0.323 e. The summed E-state index contributed by atoms with van der Waals surface area (Å²) < 4.78 is 1.86. The van der Waals surface area contributed by atoms with E-state index in [1.807, 2.05) is 60.0 Å². The van der Waals surface area contributed by atoms with Crippen molar-refractivity contribution in [3.63, 3.8) is 0 Å². The number of hydrogen-bond acceptors (Lipinski definition) is 2. The van der Waals surface area contributed by atoms with E-state index in [-0.39, 0.29) is 12.6 Å². The summed E-state index contributed by atoms with van der Waals surface area (Å²) in [5, 5.41) is 13.2. The Hall–Kier alpha value is -3.28. The minimum Gasteiger partial charge on any atom is -0.480 e. The zero-order valence-electron chi connectivity index (χ0n) is 15.1. The lowest BCUT2D eigenvalue weighted by molar-refractivity contribution is -0.137. The van der Waals surface area contributed by atoms with Crippen molar-refractivity contribution < 1.29 is 14.7 Å². The van der Waals surface area contributed by atoms with E-state index in [0.717, 1.165) is 33.4 Å². The highest BCUT2D eigenvalue weighted by Crippen LogP contribution is 2.31. The number of fused-ring (bicyclic) bond motifs is 3. The first-order valence-corrected chi connectivity index (χ1v) is 8.96. The van der Waals surface area contributed by atoms with Crippen molar-refractivity contribution >= 4 is 28.6 Å². The third-order valence-corrected chi connectivity index (χ3v) is 5.01. The van der Waals surface area contributed by atoms with Crippen molar-refractivity contribution in [1.82, 2.24) is 9.47 Å². The SMILES string of the molecule is Cc1cccc(NC(=O)N2CCc3c(c4ccccc4n3CC(=O)O)C2)c1. The monoisotopic (exact) mass is 363 g/mol. The molecule has 0 saturated heterocycles. The van der Waals surface area contributed by atoms with Gasteiger partial charge in [0, 0.05) is 47.4 Å². The van der Waals surface area contributed by atoms with E-state index in [9.17, 15) is 14.7 Å². The fraction of sp³-hybridized carbons (Fsp3) is 0.238. The fourth-order valence-electron chi connectivity index (χ4n) is 3.82. The minimum atomic E-state index is -0.863. The van der Waals surface area contributed by atoms with Crippen LogP contribution in [0.5, 0.6) is 0 Å². The van der Waals surface area contributed by atoms with Gasteiger partial charge in [0.15, 0.2) is 0 Å². The van der Waals surface area contributed by atoms with Gasteiger partial charge in [-0.05, 0) is 30.7 Å². The molecule has 2 heterocycles. The van der Waals surface area contributed by atoms with E-state index < -0.39 is 5.97 Å². The van der Waals surface area contributed by atoms with Crippen LogP contribution in [-0.2, 0) is 24.3 Å². The summed E-state index contributed by atoms with van der Waals surface area (Å²) in [5.74, 6) is -0.863. The molecule has 4 rings (SSSR count). The lowest BCUT2D eigenvalue weighted by Crippen LogP contribution is -2.39. The van der Waals surface area contributed by atoms with Crippen molar-refractivity contribution in [3.8, 4) is 0 Å². The average molecular weight is 363 g/mol. The third kappa shape index (κ3) is 3.26. The number of hydrogen-bond donors (Lipinski definition) is 2. The molecule has 1 aliphatic rings. The predicted octanol–water partition coefficient (Wildman–Crippen LogP) is 3.62. The molecule has 6 nitrogen and oxygen atoms in total. The van der Waals surface area contributed by atoms with Crippen LogP contribution in [0.3, 0.4) is 0 Å². The molecule has 2 amide bonds. The van der Waals surface area contributed by atoms with Crippen LogP contribution in [0.1, 0.15) is 16.8 Å². The first-order valence-electron chi connectivity index (χ1n) is 8.96. The molecule has 138 valence electrons. The predicted molar refractivity (Wildman–Crippen MR) is 104 cm³/mol. The average Bonchev–Trinajstić information content (AvgIpc) is 2.95. The number of carboxylic acids is 1. The topological polar surface area (TPSA) is 74.6 Å². The van der Waals surface area contributed by atoms with E-state index in [4.69, 9.17) is 0 Å². The maximum absolute atomic E-state index is 12.7. The lowest BCUT2D eigenvalue weighted by Gasteiger charge is -2.28. The number of nitrogens with zero attached hydrogens (tertiary/aromatic N) is 2. The third-order valence-electron chi connectivity index (χ3n) is 5.01. The molecule has 3 aromatic rings. The van der Waals surface area contributed by atoms with Crippen molar-refractivity contribution in [3.05, 3.63) is 65.4 Å². The van der Waals surface area contributed by atoms with Gasteiger partial charge in [-0.25, -0.2) is 4.79 Å². The van der Waals surface area contributed by atoms with Gasteiger partial charge in [-0.1, -0.05) is 30.3 Å². The van der Waals surface area contributed by atoms with Gasteiger partial charge >= 0.3 is 12.0 Å². The normalized spacial score (nSPS) is 13.4. The van der Waals surface area contributed by atoms with Gasteiger partial charge in [0.2, 0.25) is 0 Å².